The number of rotatable bonds is 6. The number of carbonyl (C=O) groups excluding carboxylic acids is 1. The van der Waals surface area contributed by atoms with Crippen molar-refractivity contribution >= 4 is 22.6 Å². The van der Waals surface area contributed by atoms with Gasteiger partial charge >= 0.3 is 0 Å². The normalized spacial score (nSPS) is 11.8. The number of hydrogen-bond acceptors (Lipinski definition) is 5. The molecule has 0 spiro atoms. The molecule has 0 aliphatic rings. The van der Waals surface area contributed by atoms with E-state index in [-0.39, 0.29) is 22.0 Å². The maximum absolute atomic E-state index is 13.2. The first kappa shape index (κ1) is 23.1. The van der Waals surface area contributed by atoms with Gasteiger partial charge in [0.25, 0.3) is 11.5 Å². The first-order chi connectivity index (χ1) is 16.4. The third-order valence-corrected chi connectivity index (χ3v) is 5.46. The molecule has 0 N–H and O–H groups in total. The van der Waals surface area contributed by atoms with Crippen LogP contribution in [0.25, 0.3) is 16.7 Å². The summed E-state index contributed by atoms with van der Waals surface area (Å²) >= 11 is 0. The summed E-state index contributed by atoms with van der Waals surface area (Å²) in [5.41, 5.74) is 3.20. The zero-order valence-electron chi connectivity index (χ0n) is 19.4. The molecule has 1 aromatic carbocycles. The number of fused-ring (bicyclic) bond motifs is 2. The summed E-state index contributed by atoms with van der Waals surface area (Å²) in [7, 11) is 0. The molecule has 8 nitrogen and oxygen atoms in total. The number of hydrogen-bond donors (Lipinski definition) is 0. The Morgan fingerprint density at radius 3 is 2.65 bits per heavy atom. The van der Waals surface area contributed by atoms with Gasteiger partial charge in [0.2, 0.25) is 0 Å². The van der Waals surface area contributed by atoms with E-state index in [1.54, 1.807) is 41.1 Å². The van der Waals surface area contributed by atoms with Gasteiger partial charge in [-0.25, -0.2) is 4.98 Å². The molecule has 1 amide bonds. The average Bonchev–Trinajstić information content (AvgIpc) is 2.82. The Bertz CT molecular complexity index is 1550. The van der Waals surface area contributed by atoms with E-state index in [1.807, 2.05) is 26.8 Å². The zero-order valence-corrected chi connectivity index (χ0v) is 19.4. The molecule has 4 aromatic rings. The molecule has 4 rings (SSSR count). The van der Waals surface area contributed by atoms with Crippen molar-refractivity contribution in [3.8, 4) is 6.07 Å². The Morgan fingerprint density at radius 2 is 1.94 bits per heavy atom. The van der Waals surface area contributed by atoms with E-state index < -0.39 is 5.91 Å². The molecule has 3 aromatic heterocycles. The Morgan fingerprint density at radius 1 is 1.18 bits per heavy atom. The lowest BCUT2D eigenvalue weighted by Gasteiger charge is -2.13. The van der Waals surface area contributed by atoms with Crippen molar-refractivity contribution in [3.63, 3.8) is 0 Å². The van der Waals surface area contributed by atoms with Crippen LogP contribution >= 0.6 is 0 Å². The van der Waals surface area contributed by atoms with Crippen LogP contribution in [0.2, 0.25) is 0 Å². The van der Waals surface area contributed by atoms with Gasteiger partial charge in [-0.1, -0.05) is 23.3 Å². The topological polar surface area (TPSA) is 102 Å². The van der Waals surface area contributed by atoms with E-state index in [4.69, 9.17) is 4.74 Å². The first-order valence-electron chi connectivity index (χ1n) is 11.1. The number of ether oxygens (including phenoxy) is 1. The van der Waals surface area contributed by atoms with Gasteiger partial charge in [-0.2, -0.15) is 10.3 Å². The second kappa shape index (κ2) is 9.81. The second-order valence-electron chi connectivity index (χ2n) is 8.07. The van der Waals surface area contributed by atoms with Gasteiger partial charge in [-0.15, -0.1) is 0 Å². The van der Waals surface area contributed by atoms with E-state index in [9.17, 15) is 14.9 Å². The number of carbonyl (C=O) groups is 1. The van der Waals surface area contributed by atoms with Crippen molar-refractivity contribution in [2.75, 3.05) is 13.2 Å². The van der Waals surface area contributed by atoms with Crippen LogP contribution in [-0.4, -0.2) is 33.1 Å². The van der Waals surface area contributed by atoms with Crippen LogP contribution in [0.1, 0.15) is 40.4 Å². The standard InChI is InChI=1S/C26H25N5O3/c1-4-34-11-7-10-31-23(29-25(32)19-13-17(2)12-18(3)14-19)20(16-27)15-21-24(31)28-22-8-5-6-9-30(22)26(21)33/h5-6,8-9,12-15H,4,7,10-11H2,1-3H3. The van der Waals surface area contributed by atoms with Gasteiger partial charge in [0.05, 0.1) is 10.9 Å². The fourth-order valence-electron chi connectivity index (χ4n) is 4.02. The SMILES string of the molecule is CCOCCCn1c(=NC(=O)c2cc(C)cc(C)c2)c(C#N)cc2c(=O)n3ccccc3nc21. The van der Waals surface area contributed by atoms with E-state index in [0.29, 0.717) is 43.0 Å². The van der Waals surface area contributed by atoms with Crippen molar-refractivity contribution in [1.29, 1.82) is 5.26 Å². The molecule has 8 heteroatoms. The lowest BCUT2D eigenvalue weighted by molar-refractivity contribution is 0.0996. The van der Waals surface area contributed by atoms with Crippen molar-refractivity contribution in [2.24, 2.45) is 4.99 Å². The molecule has 0 atom stereocenters. The summed E-state index contributed by atoms with van der Waals surface area (Å²) in [6, 6.07) is 14.4. The number of aromatic nitrogens is 3. The Balaban J connectivity index is 2.01. The molecule has 0 bridgehead atoms. The van der Waals surface area contributed by atoms with E-state index in [1.165, 1.54) is 10.5 Å². The van der Waals surface area contributed by atoms with Crippen molar-refractivity contribution in [3.05, 3.63) is 86.8 Å². The smallest absolute Gasteiger partial charge is 0.279 e. The highest BCUT2D eigenvalue weighted by Crippen LogP contribution is 2.13. The predicted molar refractivity (Wildman–Crippen MR) is 129 cm³/mol. The summed E-state index contributed by atoms with van der Waals surface area (Å²) in [5, 5.41) is 10.2. The number of aryl methyl sites for hydroxylation is 3. The fourth-order valence-corrected chi connectivity index (χ4v) is 4.02. The van der Waals surface area contributed by atoms with E-state index in [0.717, 1.165) is 11.1 Å². The molecular formula is C26H25N5O3. The van der Waals surface area contributed by atoms with Crippen LogP contribution in [0.3, 0.4) is 0 Å². The molecule has 0 unspecified atom stereocenters. The maximum atomic E-state index is 13.2. The quantitative estimate of drug-likeness (QED) is 0.328. The summed E-state index contributed by atoms with van der Waals surface area (Å²) in [6.45, 7) is 7.18. The van der Waals surface area contributed by atoms with Gasteiger partial charge in [0.15, 0.2) is 5.49 Å². The fraction of sp³-hybridized carbons (Fsp3) is 0.269. The summed E-state index contributed by atoms with van der Waals surface area (Å²) < 4.78 is 8.59. The predicted octanol–water partition coefficient (Wildman–Crippen LogP) is 3.31. The van der Waals surface area contributed by atoms with Gasteiger partial charge in [0, 0.05) is 31.5 Å². The monoisotopic (exact) mass is 455 g/mol. The lowest BCUT2D eigenvalue weighted by Crippen LogP contribution is -2.30. The number of nitriles is 1. The first-order valence-corrected chi connectivity index (χ1v) is 11.1. The van der Waals surface area contributed by atoms with E-state index >= 15 is 0 Å². The van der Waals surface area contributed by atoms with Gasteiger partial charge in [-0.3, -0.25) is 14.0 Å². The van der Waals surface area contributed by atoms with Gasteiger partial charge in [0.1, 0.15) is 17.4 Å². The highest BCUT2D eigenvalue weighted by molar-refractivity contribution is 5.95. The summed E-state index contributed by atoms with van der Waals surface area (Å²) in [4.78, 5) is 35.4. The van der Waals surface area contributed by atoms with Gasteiger partial charge < -0.3 is 9.30 Å². The summed E-state index contributed by atoms with van der Waals surface area (Å²) in [5.74, 6) is -0.460. The van der Waals surface area contributed by atoms with Crippen LogP contribution in [0.15, 0.2) is 58.4 Å². The maximum Gasteiger partial charge on any atom is 0.279 e. The minimum absolute atomic E-state index is 0.136. The molecule has 0 saturated carbocycles. The van der Waals surface area contributed by atoms with E-state index in [2.05, 4.69) is 16.0 Å². The largest absolute Gasteiger partial charge is 0.382 e. The third kappa shape index (κ3) is 4.51. The molecule has 3 heterocycles. The lowest BCUT2D eigenvalue weighted by atomic mass is 10.1. The van der Waals surface area contributed by atoms with Crippen molar-refractivity contribution < 1.29 is 9.53 Å². The van der Waals surface area contributed by atoms with Crippen LogP contribution < -0.4 is 11.0 Å². The van der Waals surface area contributed by atoms with Crippen LogP contribution in [0.4, 0.5) is 0 Å². The zero-order chi connectivity index (χ0) is 24.2. The minimum atomic E-state index is -0.460. The number of benzene rings is 1. The summed E-state index contributed by atoms with van der Waals surface area (Å²) in [6.07, 6.45) is 2.23. The highest BCUT2D eigenvalue weighted by atomic mass is 16.5. The Kier molecular flexibility index (Phi) is 6.66. The molecule has 34 heavy (non-hydrogen) atoms. The molecular weight excluding hydrogens is 430 g/mol. The molecule has 0 aliphatic heterocycles. The second-order valence-corrected chi connectivity index (χ2v) is 8.07. The minimum Gasteiger partial charge on any atom is -0.382 e. The molecule has 0 radical (unpaired) electrons. The Labute approximate surface area is 196 Å². The van der Waals surface area contributed by atoms with Crippen LogP contribution in [-0.2, 0) is 11.3 Å². The number of nitrogens with zero attached hydrogens (tertiary/aromatic N) is 5. The molecule has 172 valence electrons. The van der Waals surface area contributed by atoms with Crippen LogP contribution in [0, 0.1) is 25.2 Å². The highest BCUT2D eigenvalue weighted by Gasteiger charge is 2.15. The van der Waals surface area contributed by atoms with Crippen LogP contribution in [0.5, 0.6) is 0 Å². The number of pyridine rings is 2. The van der Waals surface area contributed by atoms with Crippen molar-refractivity contribution in [2.45, 2.75) is 33.7 Å². The molecule has 0 aliphatic carbocycles. The Hall–Kier alpha value is -4.09. The molecule has 0 saturated heterocycles. The third-order valence-electron chi connectivity index (χ3n) is 5.46. The number of amides is 1. The van der Waals surface area contributed by atoms with Gasteiger partial charge in [-0.05, 0) is 57.5 Å². The average molecular weight is 456 g/mol. The molecule has 0 fully saturated rings. The van der Waals surface area contributed by atoms with Crippen molar-refractivity contribution in [1.82, 2.24) is 14.0 Å².